The Morgan fingerprint density at radius 1 is 0.688 bits per heavy atom. The second-order valence-electron chi connectivity index (χ2n) is 10.1. The third kappa shape index (κ3) is 5.53. The number of hydrogen-bond acceptors (Lipinski definition) is 3. The molecular weight excluding hydrogens is 410 g/mol. The van der Waals surface area contributed by atoms with Gasteiger partial charge in [0.05, 0.1) is 25.9 Å². The van der Waals surface area contributed by atoms with Crippen LogP contribution in [0.5, 0.6) is 0 Å². The first-order chi connectivity index (χ1) is 15.6. The first kappa shape index (κ1) is 24.1. The Bertz CT molecular complexity index is 716. The second kappa shape index (κ2) is 11.4. The van der Waals surface area contributed by atoms with E-state index in [1.54, 1.807) is 0 Å². The van der Waals surface area contributed by atoms with Gasteiger partial charge in [0.25, 0.3) is 0 Å². The van der Waals surface area contributed by atoms with Crippen LogP contribution in [0, 0.1) is 23.5 Å². The maximum absolute atomic E-state index is 15.1. The first-order valence-corrected chi connectivity index (χ1v) is 12.9. The van der Waals surface area contributed by atoms with Gasteiger partial charge in [0, 0.05) is 11.8 Å². The summed E-state index contributed by atoms with van der Waals surface area (Å²) in [4.78, 5) is 0. The van der Waals surface area contributed by atoms with Gasteiger partial charge in [0.2, 0.25) is 0 Å². The molecule has 0 radical (unpaired) electrons. The van der Waals surface area contributed by atoms with Gasteiger partial charge in [-0.1, -0.05) is 38.8 Å². The molecule has 5 heteroatoms. The summed E-state index contributed by atoms with van der Waals surface area (Å²) in [6.07, 6.45) is 10.0. The van der Waals surface area contributed by atoms with Crippen molar-refractivity contribution in [1.82, 2.24) is 0 Å². The fraction of sp³-hybridized carbons (Fsp3) is 0.778. The van der Waals surface area contributed by atoms with Crippen LogP contribution < -0.4 is 0 Å². The lowest BCUT2D eigenvalue weighted by atomic mass is 9.73. The SMILES string of the molecule is CCCC1CCC(c2ccc(C3CCC(C4COC(CCC)OC4)CC3)c(F)c2F)CO1. The molecule has 2 heterocycles. The minimum Gasteiger partial charge on any atom is -0.378 e. The predicted molar refractivity (Wildman–Crippen MR) is 122 cm³/mol. The molecule has 1 aromatic rings. The van der Waals surface area contributed by atoms with E-state index in [0.717, 1.165) is 77.4 Å². The van der Waals surface area contributed by atoms with E-state index in [2.05, 4.69) is 13.8 Å². The highest BCUT2D eigenvalue weighted by atomic mass is 19.2. The van der Waals surface area contributed by atoms with Crippen molar-refractivity contribution in [3.63, 3.8) is 0 Å². The summed E-state index contributed by atoms with van der Waals surface area (Å²) in [6, 6.07) is 3.67. The zero-order valence-electron chi connectivity index (χ0n) is 19.8. The van der Waals surface area contributed by atoms with Crippen molar-refractivity contribution in [3.8, 4) is 0 Å². The number of rotatable bonds is 7. The second-order valence-corrected chi connectivity index (χ2v) is 10.1. The third-order valence-electron chi connectivity index (χ3n) is 7.96. The van der Waals surface area contributed by atoms with E-state index in [0.29, 0.717) is 29.6 Å². The summed E-state index contributed by atoms with van der Waals surface area (Å²) in [5.74, 6) is -0.237. The summed E-state index contributed by atoms with van der Waals surface area (Å²) in [5, 5.41) is 0. The van der Waals surface area contributed by atoms with Crippen molar-refractivity contribution in [2.75, 3.05) is 19.8 Å². The lowest BCUT2D eigenvalue weighted by molar-refractivity contribution is -0.212. The summed E-state index contributed by atoms with van der Waals surface area (Å²) in [5.41, 5.74) is 1.05. The summed E-state index contributed by atoms with van der Waals surface area (Å²) >= 11 is 0. The maximum Gasteiger partial charge on any atom is 0.162 e. The van der Waals surface area contributed by atoms with Crippen LogP contribution in [0.1, 0.15) is 101 Å². The Balaban J connectivity index is 1.32. The van der Waals surface area contributed by atoms with Gasteiger partial charge in [-0.2, -0.15) is 0 Å². The van der Waals surface area contributed by atoms with Gasteiger partial charge in [-0.15, -0.1) is 0 Å². The van der Waals surface area contributed by atoms with Crippen molar-refractivity contribution < 1.29 is 23.0 Å². The number of halogens is 2. The molecule has 0 spiro atoms. The molecule has 1 aliphatic carbocycles. The van der Waals surface area contributed by atoms with E-state index in [4.69, 9.17) is 14.2 Å². The third-order valence-corrected chi connectivity index (χ3v) is 7.96. The molecule has 4 rings (SSSR count). The van der Waals surface area contributed by atoms with Gasteiger partial charge in [0.1, 0.15) is 0 Å². The van der Waals surface area contributed by atoms with Crippen LogP contribution in [0.2, 0.25) is 0 Å². The monoisotopic (exact) mass is 450 g/mol. The Labute approximate surface area is 192 Å². The minimum atomic E-state index is -0.650. The Morgan fingerprint density at radius 3 is 1.84 bits per heavy atom. The van der Waals surface area contributed by atoms with E-state index in [1.165, 1.54) is 0 Å². The Hall–Kier alpha value is -1.04. The normalized spacial score (nSPS) is 33.9. The molecule has 2 aliphatic heterocycles. The summed E-state index contributed by atoms with van der Waals surface area (Å²) < 4.78 is 47.8. The first-order valence-electron chi connectivity index (χ1n) is 12.9. The molecule has 2 atom stereocenters. The van der Waals surface area contributed by atoms with E-state index < -0.39 is 11.6 Å². The molecule has 1 saturated carbocycles. The summed E-state index contributed by atoms with van der Waals surface area (Å²) in [6.45, 7) is 6.31. The molecule has 3 aliphatic rings. The predicted octanol–water partition coefficient (Wildman–Crippen LogP) is 7.09. The van der Waals surface area contributed by atoms with Crippen LogP contribution in [-0.2, 0) is 14.2 Å². The molecule has 180 valence electrons. The highest BCUT2D eigenvalue weighted by molar-refractivity contribution is 5.32. The molecule has 0 amide bonds. The van der Waals surface area contributed by atoms with Crippen molar-refractivity contribution in [3.05, 3.63) is 34.9 Å². The van der Waals surface area contributed by atoms with Crippen LogP contribution in [0.4, 0.5) is 8.78 Å². The van der Waals surface area contributed by atoms with E-state index in [9.17, 15) is 0 Å². The summed E-state index contributed by atoms with van der Waals surface area (Å²) in [7, 11) is 0. The van der Waals surface area contributed by atoms with Crippen molar-refractivity contribution in [1.29, 1.82) is 0 Å². The molecule has 3 nitrogen and oxygen atoms in total. The zero-order valence-corrected chi connectivity index (χ0v) is 19.8. The zero-order chi connectivity index (χ0) is 22.5. The van der Waals surface area contributed by atoms with Gasteiger partial charge in [0.15, 0.2) is 17.9 Å². The van der Waals surface area contributed by atoms with Gasteiger partial charge in [-0.05, 0) is 74.3 Å². The maximum atomic E-state index is 15.1. The fourth-order valence-electron chi connectivity index (χ4n) is 5.95. The number of hydrogen-bond donors (Lipinski definition) is 0. The molecular formula is C27H40F2O3. The van der Waals surface area contributed by atoms with Crippen LogP contribution in [-0.4, -0.2) is 32.2 Å². The largest absolute Gasteiger partial charge is 0.378 e. The van der Waals surface area contributed by atoms with Gasteiger partial charge >= 0.3 is 0 Å². The Morgan fingerprint density at radius 2 is 1.28 bits per heavy atom. The number of ether oxygens (including phenoxy) is 3. The quantitative estimate of drug-likeness (QED) is 0.444. The molecule has 2 unspecified atom stereocenters. The van der Waals surface area contributed by atoms with Crippen LogP contribution in [0.25, 0.3) is 0 Å². The highest BCUT2D eigenvalue weighted by Gasteiger charge is 2.34. The Kier molecular flexibility index (Phi) is 8.58. The smallest absolute Gasteiger partial charge is 0.162 e. The van der Waals surface area contributed by atoms with E-state index >= 15 is 8.78 Å². The standard InChI is InChI=1S/C27H40F2O3/c1-3-5-22-12-11-20(15-30-22)24-14-13-23(26(28)27(24)29)19-9-7-18(8-10-19)21-16-31-25(6-4-2)32-17-21/h13-14,18-22,25H,3-12,15-17H2,1-2H3. The molecule has 3 fully saturated rings. The van der Waals surface area contributed by atoms with Gasteiger partial charge in [-0.3, -0.25) is 0 Å². The minimum absolute atomic E-state index is 0.0368. The average Bonchev–Trinajstić information content (AvgIpc) is 2.83. The molecule has 0 aromatic heterocycles. The average molecular weight is 451 g/mol. The molecule has 0 bridgehead atoms. The van der Waals surface area contributed by atoms with Gasteiger partial charge < -0.3 is 14.2 Å². The van der Waals surface area contributed by atoms with Gasteiger partial charge in [-0.25, -0.2) is 8.78 Å². The van der Waals surface area contributed by atoms with Crippen molar-refractivity contribution in [2.45, 2.75) is 102 Å². The molecule has 32 heavy (non-hydrogen) atoms. The number of benzene rings is 1. The van der Waals surface area contributed by atoms with Crippen LogP contribution in [0.15, 0.2) is 12.1 Å². The van der Waals surface area contributed by atoms with Crippen LogP contribution >= 0.6 is 0 Å². The fourth-order valence-corrected chi connectivity index (χ4v) is 5.95. The molecule has 2 saturated heterocycles. The molecule has 1 aromatic carbocycles. The lowest BCUT2D eigenvalue weighted by Crippen LogP contribution is -2.37. The van der Waals surface area contributed by atoms with Crippen LogP contribution in [0.3, 0.4) is 0 Å². The lowest BCUT2D eigenvalue weighted by Gasteiger charge is -2.38. The van der Waals surface area contributed by atoms with Crippen molar-refractivity contribution >= 4 is 0 Å². The molecule has 0 N–H and O–H groups in total. The van der Waals surface area contributed by atoms with E-state index in [1.807, 2.05) is 12.1 Å². The highest BCUT2D eigenvalue weighted by Crippen LogP contribution is 2.42. The van der Waals surface area contributed by atoms with E-state index in [-0.39, 0.29) is 24.2 Å². The van der Waals surface area contributed by atoms with Crippen molar-refractivity contribution in [2.24, 2.45) is 11.8 Å². The topological polar surface area (TPSA) is 27.7 Å².